The number of ether oxygens (including phenoxy) is 1. The number of amides is 2. The fourth-order valence-electron chi connectivity index (χ4n) is 4.40. The highest BCUT2D eigenvalue weighted by atomic mass is 16.5. The van der Waals surface area contributed by atoms with Crippen molar-refractivity contribution in [3.05, 3.63) is 48.4 Å². The number of anilines is 1. The predicted octanol–water partition coefficient (Wildman–Crippen LogP) is 4.18. The molecule has 2 aliphatic rings. The second kappa shape index (κ2) is 11.1. The lowest BCUT2D eigenvalue weighted by atomic mass is 9.87. The average molecular weight is 424 g/mol. The highest BCUT2D eigenvalue weighted by molar-refractivity contribution is 5.89. The first-order valence-corrected chi connectivity index (χ1v) is 11.5. The third-order valence-corrected chi connectivity index (χ3v) is 6.28. The van der Waals surface area contributed by atoms with Crippen LogP contribution in [0, 0.1) is 5.92 Å². The van der Waals surface area contributed by atoms with Gasteiger partial charge in [-0.25, -0.2) is 9.78 Å². The number of hydrogen-bond donors (Lipinski definition) is 1. The van der Waals surface area contributed by atoms with Crippen molar-refractivity contribution in [3.63, 3.8) is 0 Å². The molecule has 0 aromatic carbocycles. The molecular formula is C24H33N5O2. The molecule has 4 rings (SSSR count). The minimum Gasteiger partial charge on any atom is -0.478 e. The Morgan fingerprint density at radius 1 is 1.06 bits per heavy atom. The molecule has 0 unspecified atom stereocenters. The summed E-state index contributed by atoms with van der Waals surface area (Å²) in [6, 6.07) is 7.67. The van der Waals surface area contributed by atoms with Crippen LogP contribution in [0.25, 0.3) is 0 Å². The Kier molecular flexibility index (Phi) is 7.71. The van der Waals surface area contributed by atoms with E-state index in [1.54, 1.807) is 12.4 Å². The standard InChI is InChI=1S/C24H33N5O2/c30-24(27-22-7-4-11-25-18-22)29-14-12-28(13-15-29)19-21-8-9-23(26-17-21)31-16-10-20-5-2-1-3-6-20/h4,7-9,11,17-18,20H,1-3,5-6,10,12-16,19H2,(H,27,30). The van der Waals surface area contributed by atoms with Crippen LogP contribution in [0.4, 0.5) is 10.5 Å². The highest BCUT2D eigenvalue weighted by Gasteiger charge is 2.21. The molecule has 1 aliphatic heterocycles. The summed E-state index contributed by atoms with van der Waals surface area (Å²) in [4.78, 5) is 25.1. The molecule has 7 heteroatoms. The fraction of sp³-hybridized carbons (Fsp3) is 0.542. The molecule has 166 valence electrons. The van der Waals surface area contributed by atoms with E-state index < -0.39 is 0 Å². The van der Waals surface area contributed by atoms with Gasteiger partial charge in [-0.3, -0.25) is 9.88 Å². The van der Waals surface area contributed by atoms with Crippen LogP contribution < -0.4 is 10.1 Å². The van der Waals surface area contributed by atoms with Crippen LogP contribution in [-0.2, 0) is 6.54 Å². The quantitative estimate of drug-likeness (QED) is 0.724. The monoisotopic (exact) mass is 423 g/mol. The van der Waals surface area contributed by atoms with Gasteiger partial charge in [-0.1, -0.05) is 38.2 Å². The van der Waals surface area contributed by atoms with E-state index in [1.165, 1.54) is 37.7 Å². The maximum absolute atomic E-state index is 12.4. The number of nitrogens with one attached hydrogen (secondary N) is 1. The summed E-state index contributed by atoms with van der Waals surface area (Å²) < 4.78 is 5.86. The number of nitrogens with zero attached hydrogens (tertiary/aromatic N) is 4. The first-order chi connectivity index (χ1) is 15.3. The van der Waals surface area contributed by atoms with Crippen molar-refractivity contribution in [2.75, 3.05) is 38.1 Å². The van der Waals surface area contributed by atoms with Crippen LogP contribution in [-0.4, -0.2) is 58.6 Å². The first kappa shape index (κ1) is 21.6. The average Bonchev–Trinajstić information content (AvgIpc) is 2.82. The smallest absolute Gasteiger partial charge is 0.321 e. The molecule has 0 spiro atoms. The van der Waals surface area contributed by atoms with Crippen LogP contribution in [0.3, 0.4) is 0 Å². The number of carbonyl (C=O) groups excluding carboxylic acids is 1. The van der Waals surface area contributed by atoms with E-state index in [-0.39, 0.29) is 6.03 Å². The Morgan fingerprint density at radius 2 is 1.90 bits per heavy atom. The van der Waals surface area contributed by atoms with Gasteiger partial charge in [0.1, 0.15) is 0 Å². The molecular weight excluding hydrogens is 390 g/mol. The Bertz CT molecular complexity index is 800. The molecule has 1 saturated heterocycles. The van der Waals surface area contributed by atoms with Gasteiger partial charge in [-0.15, -0.1) is 0 Å². The number of aromatic nitrogens is 2. The van der Waals surface area contributed by atoms with E-state index in [1.807, 2.05) is 29.3 Å². The van der Waals surface area contributed by atoms with Gasteiger partial charge < -0.3 is 15.0 Å². The van der Waals surface area contributed by atoms with Crippen LogP contribution >= 0.6 is 0 Å². The van der Waals surface area contributed by atoms with Crippen molar-refractivity contribution in [2.24, 2.45) is 5.92 Å². The zero-order valence-corrected chi connectivity index (χ0v) is 18.2. The maximum atomic E-state index is 12.4. The SMILES string of the molecule is O=C(Nc1cccnc1)N1CCN(Cc2ccc(OCCC3CCCCC3)nc2)CC1. The van der Waals surface area contributed by atoms with Crippen molar-refractivity contribution >= 4 is 11.7 Å². The van der Waals surface area contributed by atoms with Gasteiger partial charge in [0, 0.05) is 51.2 Å². The second-order valence-electron chi connectivity index (χ2n) is 8.58. The summed E-state index contributed by atoms with van der Waals surface area (Å²) in [6.07, 6.45) is 13.3. The molecule has 2 aromatic heterocycles. The van der Waals surface area contributed by atoms with Crippen molar-refractivity contribution in [1.29, 1.82) is 0 Å². The Morgan fingerprint density at radius 3 is 2.61 bits per heavy atom. The molecule has 2 aromatic rings. The normalized spacial score (nSPS) is 18.0. The number of pyridine rings is 2. The molecule has 1 aliphatic carbocycles. The topological polar surface area (TPSA) is 70.6 Å². The molecule has 2 amide bonds. The lowest BCUT2D eigenvalue weighted by Crippen LogP contribution is -2.49. The van der Waals surface area contributed by atoms with Gasteiger partial charge in [0.25, 0.3) is 0 Å². The summed E-state index contributed by atoms with van der Waals surface area (Å²) >= 11 is 0. The fourth-order valence-corrected chi connectivity index (χ4v) is 4.40. The number of carbonyl (C=O) groups is 1. The number of hydrogen-bond acceptors (Lipinski definition) is 5. The summed E-state index contributed by atoms with van der Waals surface area (Å²) in [5.74, 6) is 1.55. The molecule has 31 heavy (non-hydrogen) atoms. The second-order valence-corrected chi connectivity index (χ2v) is 8.58. The van der Waals surface area contributed by atoms with E-state index in [2.05, 4.69) is 26.3 Å². The van der Waals surface area contributed by atoms with Gasteiger partial charge in [0.2, 0.25) is 5.88 Å². The molecule has 3 heterocycles. The molecule has 0 atom stereocenters. The van der Waals surface area contributed by atoms with E-state index in [9.17, 15) is 4.79 Å². The van der Waals surface area contributed by atoms with Crippen molar-refractivity contribution in [1.82, 2.24) is 19.8 Å². The summed E-state index contributed by atoms with van der Waals surface area (Å²) in [6.45, 7) is 4.72. The molecule has 1 N–H and O–H groups in total. The number of piperazine rings is 1. The van der Waals surface area contributed by atoms with Gasteiger partial charge in [0.05, 0.1) is 18.5 Å². The van der Waals surface area contributed by atoms with E-state index in [0.29, 0.717) is 13.1 Å². The van der Waals surface area contributed by atoms with Crippen molar-refractivity contribution < 1.29 is 9.53 Å². The first-order valence-electron chi connectivity index (χ1n) is 11.5. The minimum atomic E-state index is -0.0657. The number of urea groups is 1. The third kappa shape index (κ3) is 6.66. The summed E-state index contributed by atoms with van der Waals surface area (Å²) in [5.41, 5.74) is 1.90. The predicted molar refractivity (Wildman–Crippen MR) is 121 cm³/mol. The molecule has 7 nitrogen and oxygen atoms in total. The van der Waals surface area contributed by atoms with Crippen molar-refractivity contribution in [3.8, 4) is 5.88 Å². The largest absolute Gasteiger partial charge is 0.478 e. The van der Waals surface area contributed by atoms with Gasteiger partial charge in [-0.2, -0.15) is 0 Å². The van der Waals surface area contributed by atoms with Crippen molar-refractivity contribution in [2.45, 2.75) is 45.1 Å². The Labute approximate surface area is 184 Å². The van der Waals surface area contributed by atoms with E-state index >= 15 is 0 Å². The zero-order valence-electron chi connectivity index (χ0n) is 18.2. The van der Waals surface area contributed by atoms with Gasteiger partial charge in [-0.05, 0) is 30.0 Å². The van der Waals surface area contributed by atoms with Gasteiger partial charge in [0.15, 0.2) is 0 Å². The van der Waals surface area contributed by atoms with Crippen LogP contribution in [0.5, 0.6) is 5.88 Å². The number of rotatable bonds is 7. The maximum Gasteiger partial charge on any atom is 0.321 e. The third-order valence-electron chi connectivity index (χ3n) is 6.28. The van der Waals surface area contributed by atoms with Crippen LogP contribution in [0.15, 0.2) is 42.9 Å². The lowest BCUT2D eigenvalue weighted by molar-refractivity contribution is 0.143. The van der Waals surface area contributed by atoms with E-state index in [0.717, 1.165) is 50.1 Å². The Hall–Kier alpha value is -2.67. The molecule has 0 radical (unpaired) electrons. The molecule has 0 bridgehead atoms. The lowest BCUT2D eigenvalue weighted by Gasteiger charge is -2.34. The highest BCUT2D eigenvalue weighted by Crippen LogP contribution is 2.26. The van der Waals surface area contributed by atoms with Crippen LogP contribution in [0.1, 0.15) is 44.1 Å². The Balaban J connectivity index is 1.16. The summed E-state index contributed by atoms with van der Waals surface area (Å²) in [7, 11) is 0. The molecule has 1 saturated carbocycles. The molecule has 2 fully saturated rings. The van der Waals surface area contributed by atoms with Gasteiger partial charge >= 0.3 is 6.03 Å². The zero-order chi connectivity index (χ0) is 21.3. The van der Waals surface area contributed by atoms with Crippen LogP contribution in [0.2, 0.25) is 0 Å². The minimum absolute atomic E-state index is 0.0657. The summed E-state index contributed by atoms with van der Waals surface area (Å²) in [5, 5.41) is 2.90. The van der Waals surface area contributed by atoms with E-state index in [4.69, 9.17) is 4.74 Å².